The third kappa shape index (κ3) is 4.46. The van der Waals surface area contributed by atoms with Gasteiger partial charge >= 0.3 is 0 Å². The Balaban J connectivity index is 1.30. The maximum atomic E-state index is 13.3. The molecule has 0 saturated carbocycles. The van der Waals surface area contributed by atoms with Crippen LogP contribution in [-0.2, 0) is 6.42 Å². The molecule has 4 aromatic rings. The molecule has 0 radical (unpaired) electrons. The zero-order valence-electron chi connectivity index (χ0n) is 19.3. The SMILES string of the molecule is COc1ccc(C(=O)c2c[nH]c3ccc(C(=O)N4CCC(Cc5ccccc5)CC4)cc23)cc1. The van der Waals surface area contributed by atoms with Crippen LogP contribution in [0.5, 0.6) is 5.75 Å². The molecule has 3 aromatic carbocycles. The highest BCUT2D eigenvalue weighted by Crippen LogP contribution is 2.26. The fourth-order valence-electron chi connectivity index (χ4n) is 4.81. The molecule has 5 rings (SSSR count). The van der Waals surface area contributed by atoms with Gasteiger partial charge in [-0.2, -0.15) is 0 Å². The predicted octanol–water partition coefficient (Wildman–Crippen LogP) is 5.50. The number of amides is 1. The van der Waals surface area contributed by atoms with Gasteiger partial charge in [0.15, 0.2) is 5.78 Å². The van der Waals surface area contributed by atoms with E-state index in [-0.39, 0.29) is 11.7 Å². The van der Waals surface area contributed by atoms with Gasteiger partial charge in [0.2, 0.25) is 0 Å². The number of aromatic amines is 1. The summed E-state index contributed by atoms with van der Waals surface area (Å²) < 4.78 is 5.19. The Labute approximate surface area is 199 Å². The molecule has 0 aliphatic carbocycles. The molecule has 2 heterocycles. The Morgan fingerprint density at radius 1 is 0.941 bits per heavy atom. The number of hydrogen-bond acceptors (Lipinski definition) is 3. The second-order valence-corrected chi connectivity index (χ2v) is 8.95. The van der Waals surface area contributed by atoms with E-state index >= 15 is 0 Å². The molecule has 5 nitrogen and oxygen atoms in total. The van der Waals surface area contributed by atoms with Gasteiger partial charge in [-0.05, 0) is 73.2 Å². The van der Waals surface area contributed by atoms with Gasteiger partial charge in [0.05, 0.1) is 7.11 Å². The lowest BCUT2D eigenvalue weighted by molar-refractivity contribution is 0.0690. The Bertz CT molecular complexity index is 1300. The fraction of sp³-hybridized carbons (Fsp3) is 0.241. The van der Waals surface area contributed by atoms with Crippen LogP contribution in [-0.4, -0.2) is 41.8 Å². The van der Waals surface area contributed by atoms with Crippen LogP contribution in [0.15, 0.2) is 79.0 Å². The lowest BCUT2D eigenvalue weighted by Crippen LogP contribution is -2.38. The van der Waals surface area contributed by atoms with Crippen molar-refractivity contribution in [2.24, 2.45) is 5.92 Å². The topological polar surface area (TPSA) is 62.4 Å². The first-order valence-corrected chi connectivity index (χ1v) is 11.8. The van der Waals surface area contributed by atoms with Crippen molar-refractivity contribution in [2.45, 2.75) is 19.3 Å². The number of nitrogens with zero attached hydrogens (tertiary/aromatic N) is 1. The summed E-state index contributed by atoms with van der Waals surface area (Å²) in [5, 5.41) is 0.769. The molecule has 1 amide bonds. The average Bonchev–Trinajstić information content (AvgIpc) is 3.32. The van der Waals surface area contributed by atoms with Crippen molar-refractivity contribution in [1.82, 2.24) is 9.88 Å². The van der Waals surface area contributed by atoms with Crippen LogP contribution in [0.1, 0.15) is 44.7 Å². The molecule has 0 spiro atoms. The van der Waals surface area contributed by atoms with Crippen molar-refractivity contribution in [1.29, 1.82) is 0 Å². The van der Waals surface area contributed by atoms with E-state index in [1.54, 1.807) is 37.6 Å². The highest BCUT2D eigenvalue weighted by molar-refractivity contribution is 6.17. The van der Waals surface area contributed by atoms with E-state index in [1.165, 1.54) is 5.56 Å². The highest BCUT2D eigenvalue weighted by atomic mass is 16.5. The molecule has 1 saturated heterocycles. The van der Waals surface area contributed by atoms with E-state index in [1.807, 2.05) is 29.2 Å². The van der Waals surface area contributed by atoms with E-state index < -0.39 is 0 Å². The zero-order valence-corrected chi connectivity index (χ0v) is 19.3. The molecule has 0 unspecified atom stereocenters. The summed E-state index contributed by atoms with van der Waals surface area (Å²) >= 11 is 0. The molecule has 5 heteroatoms. The Kier molecular flexibility index (Phi) is 6.17. The van der Waals surface area contributed by atoms with E-state index in [2.05, 4.69) is 29.2 Å². The summed E-state index contributed by atoms with van der Waals surface area (Å²) in [6.45, 7) is 1.53. The molecule has 1 N–H and O–H groups in total. The van der Waals surface area contributed by atoms with Crippen LogP contribution < -0.4 is 4.74 Å². The van der Waals surface area contributed by atoms with Gasteiger partial charge in [-0.15, -0.1) is 0 Å². The molecule has 1 aromatic heterocycles. The van der Waals surface area contributed by atoms with Crippen LogP contribution in [0, 0.1) is 5.92 Å². The number of methoxy groups -OCH3 is 1. The number of H-pyrrole nitrogens is 1. The third-order valence-electron chi connectivity index (χ3n) is 6.79. The number of carbonyl (C=O) groups is 2. The number of nitrogens with one attached hydrogen (secondary N) is 1. The minimum atomic E-state index is -0.0831. The van der Waals surface area contributed by atoms with Crippen LogP contribution in [0.2, 0.25) is 0 Å². The quantitative estimate of drug-likeness (QED) is 0.393. The monoisotopic (exact) mass is 452 g/mol. The van der Waals surface area contributed by atoms with Crippen molar-refractivity contribution in [2.75, 3.05) is 20.2 Å². The summed E-state index contributed by atoms with van der Waals surface area (Å²) in [6.07, 6.45) is 4.80. The van der Waals surface area contributed by atoms with E-state index in [0.717, 1.165) is 43.3 Å². The number of hydrogen-bond donors (Lipinski definition) is 1. The third-order valence-corrected chi connectivity index (χ3v) is 6.79. The number of piperidine rings is 1. The van der Waals surface area contributed by atoms with Crippen LogP contribution >= 0.6 is 0 Å². The van der Waals surface area contributed by atoms with Gasteiger partial charge in [-0.25, -0.2) is 0 Å². The van der Waals surface area contributed by atoms with Crippen molar-refractivity contribution < 1.29 is 14.3 Å². The molecule has 1 fully saturated rings. The van der Waals surface area contributed by atoms with Crippen LogP contribution in [0.25, 0.3) is 10.9 Å². The van der Waals surface area contributed by atoms with Gasteiger partial charge in [-0.1, -0.05) is 30.3 Å². The maximum Gasteiger partial charge on any atom is 0.253 e. The fourth-order valence-corrected chi connectivity index (χ4v) is 4.81. The maximum absolute atomic E-state index is 13.3. The molecule has 0 atom stereocenters. The van der Waals surface area contributed by atoms with Gasteiger partial charge in [-0.3, -0.25) is 9.59 Å². The first kappa shape index (κ1) is 22.0. The predicted molar refractivity (Wildman–Crippen MR) is 133 cm³/mol. The standard InChI is InChI=1S/C29H28N2O3/c1-34-24-10-7-22(8-11-24)28(32)26-19-30-27-12-9-23(18-25(26)27)29(33)31-15-13-21(14-16-31)17-20-5-3-2-4-6-20/h2-12,18-19,21,30H,13-17H2,1H3. The van der Waals surface area contributed by atoms with Crippen molar-refractivity contribution >= 4 is 22.6 Å². The number of benzene rings is 3. The second-order valence-electron chi connectivity index (χ2n) is 8.95. The minimum absolute atomic E-state index is 0.0316. The van der Waals surface area contributed by atoms with E-state index in [0.29, 0.717) is 28.4 Å². The number of ketones is 1. The van der Waals surface area contributed by atoms with Gasteiger partial charge in [0.25, 0.3) is 5.91 Å². The number of likely N-dealkylation sites (tertiary alicyclic amines) is 1. The lowest BCUT2D eigenvalue weighted by atomic mass is 9.90. The van der Waals surface area contributed by atoms with Gasteiger partial charge in [0, 0.05) is 46.9 Å². The molecule has 1 aliphatic rings. The Morgan fingerprint density at radius 3 is 2.35 bits per heavy atom. The number of aromatic nitrogens is 1. The summed E-state index contributed by atoms with van der Waals surface area (Å²) in [6, 6.07) is 23.2. The second kappa shape index (κ2) is 9.56. The Hall–Kier alpha value is -3.86. The highest BCUT2D eigenvalue weighted by Gasteiger charge is 2.24. The summed E-state index contributed by atoms with van der Waals surface area (Å²) in [5.41, 5.74) is 3.97. The largest absolute Gasteiger partial charge is 0.497 e. The van der Waals surface area contributed by atoms with E-state index in [9.17, 15) is 9.59 Å². The van der Waals surface area contributed by atoms with Gasteiger partial charge in [0.1, 0.15) is 5.75 Å². The van der Waals surface area contributed by atoms with Crippen molar-refractivity contribution in [3.63, 3.8) is 0 Å². The number of rotatable bonds is 6. The number of ether oxygens (including phenoxy) is 1. The first-order chi connectivity index (χ1) is 16.6. The molecule has 34 heavy (non-hydrogen) atoms. The molecular weight excluding hydrogens is 424 g/mol. The van der Waals surface area contributed by atoms with Crippen LogP contribution in [0.3, 0.4) is 0 Å². The first-order valence-electron chi connectivity index (χ1n) is 11.8. The molecular formula is C29H28N2O3. The molecule has 1 aliphatic heterocycles. The van der Waals surface area contributed by atoms with E-state index in [4.69, 9.17) is 4.74 Å². The Morgan fingerprint density at radius 2 is 1.65 bits per heavy atom. The average molecular weight is 453 g/mol. The summed E-state index contributed by atoms with van der Waals surface area (Å²) in [5.74, 6) is 1.26. The molecule has 172 valence electrons. The summed E-state index contributed by atoms with van der Waals surface area (Å²) in [7, 11) is 1.60. The summed E-state index contributed by atoms with van der Waals surface area (Å²) in [4.78, 5) is 31.5. The van der Waals surface area contributed by atoms with Crippen molar-refractivity contribution in [3.05, 3.63) is 101 Å². The van der Waals surface area contributed by atoms with Crippen LogP contribution in [0.4, 0.5) is 0 Å². The lowest BCUT2D eigenvalue weighted by Gasteiger charge is -2.32. The normalized spacial score (nSPS) is 14.3. The van der Waals surface area contributed by atoms with Gasteiger partial charge < -0.3 is 14.6 Å². The number of carbonyl (C=O) groups excluding carboxylic acids is 2. The zero-order chi connectivity index (χ0) is 23.5. The minimum Gasteiger partial charge on any atom is -0.497 e. The van der Waals surface area contributed by atoms with Crippen molar-refractivity contribution in [3.8, 4) is 5.75 Å². The molecule has 0 bridgehead atoms. The number of fused-ring (bicyclic) bond motifs is 1. The smallest absolute Gasteiger partial charge is 0.253 e.